The number of pyridine rings is 1. The van der Waals surface area contributed by atoms with Crippen LogP contribution in [0.15, 0.2) is 28.9 Å². The van der Waals surface area contributed by atoms with Gasteiger partial charge in [-0.05, 0) is 57.2 Å². The van der Waals surface area contributed by atoms with Crippen molar-refractivity contribution in [1.29, 1.82) is 0 Å². The molecule has 2 aromatic rings. The highest BCUT2D eigenvalue weighted by Gasteiger charge is 2.33. The van der Waals surface area contributed by atoms with Crippen molar-refractivity contribution in [3.8, 4) is 0 Å². The third kappa shape index (κ3) is 4.26. The number of anilines is 1. The number of oxazole rings is 1. The van der Waals surface area contributed by atoms with Crippen molar-refractivity contribution in [1.82, 2.24) is 9.97 Å². The monoisotopic (exact) mass is 349 g/mol. The molecule has 7 heteroatoms. The summed E-state index contributed by atoms with van der Waals surface area (Å²) in [5.74, 6) is 0.0352. The molecule has 0 aromatic carbocycles. The SMILES string of the molecule is CC(C)(C)OC(=O)c1cnc(NC(c2ccnc(Cl)c2)C2CC2)o1. The number of carbonyl (C=O) groups excluding carboxylic acids is 1. The van der Waals surface area contributed by atoms with E-state index in [1.54, 1.807) is 27.0 Å². The number of hydrogen-bond acceptors (Lipinski definition) is 6. The number of ether oxygens (including phenoxy) is 1. The Hall–Kier alpha value is -2.08. The Labute approximate surface area is 145 Å². The lowest BCUT2D eigenvalue weighted by atomic mass is 10.0. The van der Waals surface area contributed by atoms with Gasteiger partial charge in [0.15, 0.2) is 0 Å². The molecule has 0 spiro atoms. The summed E-state index contributed by atoms with van der Waals surface area (Å²) in [4.78, 5) is 20.2. The van der Waals surface area contributed by atoms with E-state index in [0.717, 1.165) is 18.4 Å². The zero-order valence-electron chi connectivity index (χ0n) is 13.9. The second-order valence-corrected chi connectivity index (χ2v) is 7.29. The van der Waals surface area contributed by atoms with Gasteiger partial charge in [0.1, 0.15) is 10.8 Å². The molecule has 2 heterocycles. The smallest absolute Gasteiger partial charge is 0.376 e. The first-order valence-corrected chi connectivity index (χ1v) is 8.27. The van der Waals surface area contributed by atoms with E-state index in [9.17, 15) is 4.79 Å². The fraction of sp³-hybridized carbons (Fsp3) is 0.471. The van der Waals surface area contributed by atoms with Crippen LogP contribution in [-0.4, -0.2) is 21.5 Å². The molecule has 0 bridgehead atoms. The Morgan fingerprint density at radius 2 is 2.17 bits per heavy atom. The number of hydrogen-bond donors (Lipinski definition) is 1. The highest BCUT2D eigenvalue weighted by atomic mass is 35.5. The third-order valence-corrected chi connectivity index (χ3v) is 3.79. The summed E-state index contributed by atoms with van der Waals surface area (Å²) in [5.41, 5.74) is 0.441. The molecule has 1 aliphatic carbocycles. The van der Waals surface area contributed by atoms with Crippen LogP contribution in [0.2, 0.25) is 5.15 Å². The lowest BCUT2D eigenvalue weighted by Gasteiger charge is -2.18. The van der Waals surface area contributed by atoms with Crippen LogP contribution in [0.3, 0.4) is 0 Å². The third-order valence-electron chi connectivity index (χ3n) is 3.59. The normalized spacial score (nSPS) is 15.8. The molecule has 3 rings (SSSR count). The Morgan fingerprint density at radius 1 is 1.42 bits per heavy atom. The molecule has 1 atom stereocenters. The van der Waals surface area contributed by atoms with E-state index in [4.69, 9.17) is 20.8 Å². The second-order valence-electron chi connectivity index (χ2n) is 6.90. The van der Waals surface area contributed by atoms with Crippen molar-refractivity contribution in [3.63, 3.8) is 0 Å². The molecule has 1 saturated carbocycles. The van der Waals surface area contributed by atoms with Crippen LogP contribution in [0.5, 0.6) is 0 Å². The fourth-order valence-electron chi connectivity index (χ4n) is 2.41. The van der Waals surface area contributed by atoms with Gasteiger partial charge in [-0.1, -0.05) is 11.6 Å². The summed E-state index contributed by atoms with van der Waals surface area (Å²) >= 11 is 5.99. The zero-order chi connectivity index (χ0) is 17.3. The maximum absolute atomic E-state index is 12.0. The zero-order valence-corrected chi connectivity index (χ0v) is 14.6. The number of rotatable bonds is 5. The van der Waals surface area contributed by atoms with Gasteiger partial charge >= 0.3 is 5.97 Å². The molecule has 0 amide bonds. The molecule has 6 nitrogen and oxygen atoms in total. The molecule has 0 aliphatic heterocycles. The fourth-order valence-corrected chi connectivity index (χ4v) is 2.59. The standard InChI is InChI=1S/C17H20ClN3O3/c1-17(2,3)24-15(22)12-9-20-16(23-12)21-14(10-4-5-10)11-6-7-19-13(18)8-11/h6-10,14H,4-5H2,1-3H3,(H,20,21). The summed E-state index contributed by atoms with van der Waals surface area (Å²) in [6.45, 7) is 5.41. The number of esters is 1. The van der Waals surface area contributed by atoms with Gasteiger partial charge in [-0.15, -0.1) is 0 Å². The quantitative estimate of drug-likeness (QED) is 0.642. The first-order valence-electron chi connectivity index (χ1n) is 7.89. The molecule has 0 saturated heterocycles. The van der Waals surface area contributed by atoms with Crippen LogP contribution in [0, 0.1) is 5.92 Å². The van der Waals surface area contributed by atoms with Gasteiger partial charge < -0.3 is 14.5 Å². The summed E-state index contributed by atoms with van der Waals surface area (Å²) in [6, 6.07) is 4.06. The highest BCUT2D eigenvalue weighted by molar-refractivity contribution is 6.29. The molecule has 1 aliphatic rings. The number of carbonyl (C=O) groups is 1. The molecule has 1 N–H and O–H groups in total. The van der Waals surface area contributed by atoms with E-state index in [1.807, 2.05) is 12.1 Å². The molecule has 0 radical (unpaired) electrons. The van der Waals surface area contributed by atoms with Crippen molar-refractivity contribution < 1.29 is 13.9 Å². The topological polar surface area (TPSA) is 77.2 Å². The number of nitrogens with one attached hydrogen (secondary N) is 1. The van der Waals surface area contributed by atoms with E-state index in [-0.39, 0.29) is 11.8 Å². The van der Waals surface area contributed by atoms with Crippen LogP contribution in [0.1, 0.15) is 55.8 Å². The van der Waals surface area contributed by atoms with E-state index in [2.05, 4.69) is 15.3 Å². The molecule has 2 aromatic heterocycles. The van der Waals surface area contributed by atoms with Crippen LogP contribution in [0.25, 0.3) is 0 Å². The Bertz CT molecular complexity index is 735. The van der Waals surface area contributed by atoms with Crippen molar-refractivity contribution >= 4 is 23.6 Å². The van der Waals surface area contributed by atoms with Crippen LogP contribution >= 0.6 is 11.6 Å². The van der Waals surface area contributed by atoms with Crippen LogP contribution < -0.4 is 5.32 Å². The van der Waals surface area contributed by atoms with Crippen LogP contribution in [0.4, 0.5) is 6.01 Å². The molecule has 128 valence electrons. The van der Waals surface area contributed by atoms with E-state index >= 15 is 0 Å². The average Bonchev–Trinajstić information content (AvgIpc) is 3.21. The van der Waals surface area contributed by atoms with Crippen molar-refractivity contribution in [3.05, 3.63) is 41.0 Å². The minimum absolute atomic E-state index is 0.0237. The number of nitrogens with zero attached hydrogens (tertiary/aromatic N) is 2. The maximum atomic E-state index is 12.0. The summed E-state index contributed by atoms with van der Waals surface area (Å²) in [6.07, 6.45) is 5.30. The predicted molar refractivity (Wildman–Crippen MR) is 90.0 cm³/mol. The Morgan fingerprint density at radius 3 is 2.79 bits per heavy atom. The van der Waals surface area contributed by atoms with Gasteiger partial charge in [0, 0.05) is 6.20 Å². The molecule has 1 fully saturated rings. The first-order chi connectivity index (χ1) is 11.3. The van der Waals surface area contributed by atoms with Gasteiger partial charge in [0.2, 0.25) is 5.76 Å². The lowest BCUT2D eigenvalue weighted by molar-refractivity contribution is 0.00369. The maximum Gasteiger partial charge on any atom is 0.376 e. The largest absolute Gasteiger partial charge is 0.454 e. The predicted octanol–water partition coefficient (Wildman–Crippen LogP) is 4.24. The van der Waals surface area contributed by atoms with Gasteiger partial charge in [-0.2, -0.15) is 0 Å². The van der Waals surface area contributed by atoms with Gasteiger partial charge in [-0.3, -0.25) is 0 Å². The Balaban J connectivity index is 1.74. The Kier molecular flexibility index (Phi) is 4.49. The summed E-state index contributed by atoms with van der Waals surface area (Å²) in [7, 11) is 0. The molecule has 1 unspecified atom stereocenters. The van der Waals surface area contributed by atoms with Gasteiger partial charge in [-0.25, -0.2) is 14.8 Å². The van der Waals surface area contributed by atoms with Crippen molar-refractivity contribution in [2.24, 2.45) is 5.92 Å². The minimum Gasteiger partial charge on any atom is -0.454 e. The van der Waals surface area contributed by atoms with Crippen molar-refractivity contribution in [2.75, 3.05) is 5.32 Å². The van der Waals surface area contributed by atoms with E-state index < -0.39 is 11.6 Å². The van der Waals surface area contributed by atoms with Gasteiger partial charge in [0.25, 0.3) is 6.01 Å². The summed E-state index contributed by atoms with van der Waals surface area (Å²) in [5, 5.41) is 3.70. The summed E-state index contributed by atoms with van der Waals surface area (Å²) < 4.78 is 10.8. The molecule has 24 heavy (non-hydrogen) atoms. The van der Waals surface area contributed by atoms with Gasteiger partial charge in [0.05, 0.1) is 12.2 Å². The number of halogens is 1. The average molecular weight is 350 g/mol. The highest BCUT2D eigenvalue weighted by Crippen LogP contribution is 2.43. The molecular weight excluding hydrogens is 330 g/mol. The van der Waals surface area contributed by atoms with Crippen LogP contribution in [-0.2, 0) is 4.74 Å². The molecular formula is C17H20ClN3O3. The second kappa shape index (κ2) is 6.43. The number of aromatic nitrogens is 2. The van der Waals surface area contributed by atoms with Crippen molar-refractivity contribution in [2.45, 2.75) is 45.3 Å². The lowest BCUT2D eigenvalue weighted by Crippen LogP contribution is -2.23. The first kappa shape index (κ1) is 16.8. The van der Waals surface area contributed by atoms with E-state index in [0.29, 0.717) is 17.1 Å². The minimum atomic E-state index is -0.582. The van der Waals surface area contributed by atoms with E-state index in [1.165, 1.54) is 6.20 Å².